The minimum absolute atomic E-state index is 0.0415. The fourth-order valence-corrected chi connectivity index (χ4v) is 5.94. The Bertz CT molecular complexity index is 1090. The van der Waals surface area contributed by atoms with Crippen molar-refractivity contribution in [2.45, 2.75) is 51.6 Å². The van der Waals surface area contributed by atoms with Gasteiger partial charge in [0.25, 0.3) is 0 Å². The van der Waals surface area contributed by atoms with Crippen LogP contribution in [0.4, 0.5) is 0 Å². The average molecular weight is 421 g/mol. The number of hydrogen-bond donors (Lipinski definition) is 0. The molecule has 4 rings (SSSR count). The monoisotopic (exact) mass is 420 g/mol. The number of rotatable bonds is 3. The molecule has 0 amide bonds. The molecule has 2 aliphatic rings. The van der Waals surface area contributed by atoms with E-state index in [-0.39, 0.29) is 17.5 Å². The number of aryl methyl sites for hydroxylation is 2. The van der Waals surface area contributed by atoms with Gasteiger partial charge in [0.1, 0.15) is 17.0 Å². The van der Waals surface area contributed by atoms with E-state index in [4.69, 9.17) is 11.6 Å². The van der Waals surface area contributed by atoms with Gasteiger partial charge in [-0.05, 0) is 32.3 Å². The average Bonchev–Trinajstić information content (AvgIpc) is 3.24. The molecule has 1 fully saturated rings. The van der Waals surface area contributed by atoms with E-state index in [1.807, 2.05) is 4.57 Å². The summed E-state index contributed by atoms with van der Waals surface area (Å²) < 4.78 is 27.2. The summed E-state index contributed by atoms with van der Waals surface area (Å²) >= 11 is 6.54. The van der Waals surface area contributed by atoms with Gasteiger partial charge < -0.3 is 4.57 Å². The van der Waals surface area contributed by atoms with Gasteiger partial charge in [-0.2, -0.15) is 10.4 Å². The van der Waals surface area contributed by atoms with E-state index >= 15 is 0 Å². The second kappa shape index (κ2) is 7.33. The van der Waals surface area contributed by atoms with Gasteiger partial charge in [-0.15, -0.1) is 10.2 Å². The normalized spacial score (nSPS) is 21.9. The fourth-order valence-electron chi connectivity index (χ4n) is 3.88. The Morgan fingerprint density at radius 3 is 2.86 bits per heavy atom. The largest absolute Gasteiger partial charge is 0.310 e. The van der Waals surface area contributed by atoms with Crippen molar-refractivity contribution in [2.75, 3.05) is 11.5 Å². The first-order valence-corrected chi connectivity index (χ1v) is 11.6. The molecule has 1 saturated heterocycles. The van der Waals surface area contributed by atoms with Crippen LogP contribution in [0, 0.1) is 18.3 Å². The van der Waals surface area contributed by atoms with Crippen LogP contribution in [0.3, 0.4) is 0 Å². The van der Waals surface area contributed by atoms with Crippen LogP contribution < -0.4 is 0 Å². The topological polar surface area (TPSA) is 106 Å². The molecule has 0 spiro atoms. The van der Waals surface area contributed by atoms with Crippen molar-refractivity contribution in [1.82, 2.24) is 24.5 Å². The third kappa shape index (κ3) is 3.47. The van der Waals surface area contributed by atoms with Gasteiger partial charge in [0, 0.05) is 18.5 Å². The first kappa shape index (κ1) is 19.2. The molecule has 1 atom stereocenters. The van der Waals surface area contributed by atoms with Crippen LogP contribution in [-0.2, 0) is 22.8 Å². The third-order valence-electron chi connectivity index (χ3n) is 5.38. The maximum absolute atomic E-state index is 11.8. The fraction of sp³-hybridized carbons (Fsp3) is 0.556. The van der Waals surface area contributed by atoms with Crippen LogP contribution in [0.25, 0.3) is 11.6 Å². The molecule has 10 heteroatoms. The van der Waals surface area contributed by atoms with Gasteiger partial charge in [-0.1, -0.05) is 18.0 Å². The zero-order valence-electron chi connectivity index (χ0n) is 15.6. The van der Waals surface area contributed by atoms with Crippen LogP contribution in [0.2, 0.25) is 5.15 Å². The maximum Gasteiger partial charge on any atom is 0.174 e. The first-order chi connectivity index (χ1) is 13.4. The van der Waals surface area contributed by atoms with Crippen LogP contribution in [0.15, 0.2) is 0 Å². The Morgan fingerprint density at radius 1 is 1.32 bits per heavy atom. The number of fused-ring (bicyclic) bond motifs is 1. The molecule has 0 aromatic carbocycles. The highest BCUT2D eigenvalue weighted by Gasteiger charge is 2.32. The van der Waals surface area contributed by atoms with Crippen molar-refractivity contribution >= 4 is 33.1 Å². The lowest BCUT2D eigenvalue weighted by Gasteiger charge is -2.09. The standard InChI is InChI=1S/C18H21ClN6O2S/c1-12-15(17(19)25(23-12)14-6-8-28(26,27)11-14)9-13(10-20)18-22-21-16-5-3-2-4-7-24(16)18/h9,14H,2-8,11H2,1H3/b13-9+/t14-/m0/s1. The first-order valence-electron chi connectivity index (χ1n) is 9.39. The Balaban J connectivity index is 1.72. The Labute approximate surface area is 168 Å². The van der Waals surface area contributed by atoms with Crippen molar-refractivity contribution in [3.05, 3.63) is 28.1 Å². The second-order valence-corrected chi connectivity index (χ2v) is 9.95. The summed E-state index contributed by atoms with van der Waals surface area (Å²) in [5, 5.41) is 23.1. The molecular formula is C18H21ClN6O2S. The maximum atomic E-state index is 11.8. The van der Waals surface area contributed by atoms with Gasteiger partial charge in [-0.3, -0.25) is 0 Å². The van der Waals surface area contributed by atoms with Crippen LogP contribution in [0.5, 0.6) is 0 Å². The minimum Gasteiger partial charge on any atom is -0.310 e. The molecule has 0 unspecified atom stereocenters. The van der Waals surface area contributed by atoms with Gasteiger partial charge in [0.2, 0.25) is 0 Å². The number of halogens is 1. The quantitative estimate of drug-likeness (QED) is 0.706. The predicted octanol–water partition coefficient (Wildman–Crippen LogP) is 2.59. The molecule has 0 bridgehead atoms. The molecule has 0 radical (unpaired) electrons. The number of aromatic nitrogens is 5. The Morgan fingerprint density at radius 2 is 2.14 bits per heavy atom. The molecule has 2 aliphatic heterocycles. The zero-order valence-corrected chi connectivity index (χ0v) is 17.2. The van der Waals surface area contributed by atoms with Crippen molar-refractivity contribution in [3.8, 4) is 6.07 Å². The molecule has 8 nitrogen and oxygen atoms in total. The summed E-state index contributed by atoms with van der Waals surface area (Å²) in [6, 6.07) is 1.95. The summed E-state index contributed by atoms with van der Waals surface area (Å²) in [7, 11) is -3.05. The summed E-state index contributed by atoms with van der Waals surface area (Å²) in [6.07, 6.45) is 6.29. The number of hydrogen-bond acceptors (Lipinski definition) is 6. The summed E-state index contributed by atoms with van der Waals surface area (Å²) in [5.74, 6) is 1.64. The van der Waals surface area contributed by atoms with Gasteiger partial charge in [-0.25, -0.2) is 13.1 Å². The number of sulfone groups is 1. The SMILES string of the molecule is Cc1nn([C@H]2CCS(=O)(=O)C2)c(Cl)c1/C=C(\C#N)c1nnc2n1CCCCC2. The molecule has 0 aliphatic carbocycles. The summed E-state index contributed by atoms with van der Waals surface area (Å²) in [4.78, 5) is 0. The molecule has 2 aromatic heterocycles. The molecule has 0 saturated carbocycles. The second-order valence-electron chi connectivity index (χ2n) is 7.36. The Kier molecular flexibility index (Phi) is 5.02. The third-order valence-corrected chi connectivity index (χ3v) is 7.51. The highest BCUT2D eigenvalue weighted by Crippen LogP contribution is 2.32. The number of nitriles is 1. The van der Waals surface area contributed by atoms with Crippen molar-refractivity contribution < 1.29 is 8.42 Å². The van der Waals surface area contributed by atoms with E-state index in [0.717, 1.165) is 38.1 Å². The highest BCUT2D eigenvalue weighted by molar-refractivity contribution is 7.91. The van der Waals surface area contributed by atoms with Crippen molar-refractivity contribution in [1.29, 1.82) is 5.26 Å². The van der Waals surface area contributed by atoms with Crippen LogP contribution in [0.1, 0.15) is 54.6 Å². The van der Waals surface area contributed by atoms with E-state index < -0.39 is 9.84 Å². The molecule has 0 N–H and O–H groups in total. The lowest BCUT2D eigenvalue weighted by Crippen LogP contribution is -2.12. The van der Waals surface area contributed by atoms with Crippen molar-refractivity contribution in [3.63, 3.8) is 0 Å². The van der Waals surface area contributed by atoms with Crippen LogP contribution >= 0.6 is 11.6 Å². The minimum atomic E-state index is -3.05. The van der Waals surface area contributed by atoms with E-state index in [2.05, 4.69) is 21.4 Å². The van der Waals surface area contributed by atoms with Gasteiger partial charge in [0.05, 0.1) is 28.8 Å². The Hall–Kier alpha value is -2.18. The summed E-state index contributed by atoms with van der Waals surface area (Å²) in [6.45, 7) is 2.60. The molecule has 4 heterocycles. The molecular weight excluding hydrogens is 400 g/mol. The van der Waals surface area contributed by atoms with Gasteiger partial charge >= 0.3 is 0 Å². The molecule has 28 heavy (non-hydrogen) atoms. The predicted molar refractivity (Wildman–Crippen MR) is 105 cm³/mol. The zero-order chi connectivity index (χ0) is 19.9. The van der Waals surface area contributed by atoms with E-state index in [1.165, 1.54) is 0 Å². The van der Waals surface area contributed by atoms with Crippen molar-refractivity contribution in [2.24, 2.45) is 0 Å². The lowest BCUT2D eigenvalue weighted by atomic mass is 10.1. The molecule has 148 valence electrons. The highest BCUT2D eigenvalue weighted by atomic mass is 35.5. The smallest absolute Gasteiger partial charge is 0.174 e. The number of allylic oxidation sites excluding steroid dienone is 1. The van der Waals surface area contributed by atoms with E-state index in [9.17, 15) is 13.7 Å². The van der Waals surface area contributed by atoms with Gasteiger partial charge in [0.15, 0.2) is 15.7 Å². The summed E-state index contributed by atoms with van der Waals surface area (Å²) in [5.41, 5.74) is 1.65. The lowest BCUT2D eigenvalue weighted by molar-refractivity contribution is 0.497. The molecule has 2 aromatic rings. The number of nitrogens with zero attached hydrogens (tertiary/aromatic N) is 6. The van der Waals surface area contributed by atoms with E-state index in [0.29, 0.717) is 34.2 Å². The van der Waals surface area contributed by atoms with E-state index in [1.54, 1.807) is 17.7 Å². The van der Waals surface area contributed by atoms with Crippen LogP contribution in [-0.4, -0.2) is 44.5 Å².